The summed E-state index contributed by atoms with van der Waals surface area (Å²) in [5, 5.41) is 7.88. The van der Waals surface area contributed by atoms with Gasteiger partial charge in [-0.2, -0.15) is 11.8 Å². The molecule has 1 saturated heterocycles. The highest BCUT2D eigenvalue weighted by molar-refractivity contribution is 7.99. The Balaban J connectivity index is 1.88. The molecule has 5 atom stereocenters. The van der Waals surface area contributed by atoms with Gasteiger partial charge in [0.15, 0.2) is 24.6 Å². The van der Waals surface area contributed by atoms with Gasteiger partial charge in [-0.15, -0.1) is 0 Å². The maximum atomic E-state index is 12.2. The molecule has 15 nitrogen and oxygen atoms in total. The largest absolute Gasteiger partial charge is 0.463 e. The monoisotopic (exact) mass is 662 g/mol. The Morgan fingerprint density at radius 2 is 1.45 bits per heavy atom. The first-order valence-corrected chi connectivity index (χ1v) is 16.3. The van der Waals surface area contributed by atoms with E-state index in [0.29, 0.717) is 24.5 Å². The van der Waals surface area contributed by atoms with Gasteiger partial charge in [-0.25, -0.2) is 13.6 Å². The van der Waals surface area contributed by atoms with Gasteiger partial charge in [-0.3, -0.25) is 24.0 Å². The summed E-state index contributed by atoms with van der Waals surface area (Å²) in [6.07, 6.45) is -5.52. The average molecular weight is 663 g/mol. The predicted molar refractivity (Wildman–Crippen MR) is 154 cm³/mol. The van der Waals surface area contributed by atoms with E-state index in [2.05, 4.69) is 5.32 Å². The van der Waals surface area contributed by atoms with Crippen LogP contribution in [0, 0.1) is 0 Å². The number of hydrogen-bond acceptors (Lipinski definition) is 14. The fourth-order valence-corrected chi connectivity index (χ4v) is 5.36. The predicted octanol–water partition coefficient (Wildman–Crippen LogP) is 0.216. The molecule has 0 radical (unpaired) electrons. The van der Waals surface area contributed by atoms with E-state index in [1.807, 2.05) is 0 Å². The van der Waals surface area contributed by atoms with Crippen LogP contribution >= 0.6 is 11.8 Å². The van der Waals surface area contributed by atoms with E-state index in [4.69, 9.17) is 33.6 Å². The highest BCUT2D eigenvalue weighted by Gasteiger charge is 2.52. The Labute approximate surface area is 259 Å². The van der Waals surface area contributed by atoms with E-state index in [1.54, 1.807) is 12.1 Å². The molecule has 0 aromatic heterocycles. The zero-order chi connectivity index (χ0) is 32.9. The van der Waals surface area contributed by atoms with E-state index in [1.165, 1.54) is 30.8 Å². The second-order valence-electron chi connectivity index (χ2n) is 9.59. The number of rotatable bonds is 16. The van der Waals surface area contributed by atoms with Crippen molar-refractivity contribution < 1.29 is 60.8 Å². The minimum atomic E-state index is -3.76. The van der Waals surface area contributed by atoms with Gasteiger partial charge in [0.1, 0.15) is 12.7 Å². The normalized spacial score (nSPS) is 21.5. The molecule has 1 aliphatic heterocycles. The lowest BCUT2D eigenvalue weighted by Crippen LogP contribution is -2.63. The van der Waals surface area contributed by atoms with Crippen LogP contribution in [0.5, 0.6) is 0 Å². The number of benzene rings is 1. The summed E-state index contributed by atoms with van der Waals surface area (Å²) in [4.78, 5) is 59.2. The summed E-state index contributed by atoms with van der Waals surface area (Å²) in [5.74, 6) is -2.12. The number of nitrogens with two attached hydrogens (primary N) is 1. The zero-order valence-electron chi connectivity index (χ0n) is 24.8. The number of thioether (sulfide) groups is 1. The summed E-state index contributed by atoms with van der Waals surface area (Å²) in [6, 6.07) is 6.08. The maximum absolute atomic E-state index is 12.2. The SMILES string of the molecule is CC(=O)OC[C@H]1O[C@@H](OCCSCCC(=O)NCCc2ccc(S(N)(=O)=O)cc2)[C@H](OC(C)=O)[C@@H](OC(C)=O)[C@@H]1OC(C)=O. The van der Waals surface area contributed by atoms with Gasteiger partial charge in [0.2, 0.25) is 15.9 Å². The van der Waals surface area contributed by atoms with E-state index < -0.39 is 64.6 Å². The van der Waals surface area contributed by atoms with Crippen molar-refractivity contribution in [2.24, 2.45) is 5.14 Å². The van der Waals surface area contributed by atoms with Crippen LogP contribution in [0.15, 0.2) is 29.2 Å². The van der Waals surface area contributed by atoms with Crippen molar-refractivity contribution in [2.45, 2.75) is 76.1 Å². The van der Waals surface area contributed by atoms with Crippen molar-refractivity contribution in [1.82, 2.24) is 5.32 Å². The van der Waals surface area contributed by atoms with Crippen molar-refractivity contribution in [2.75, 3.05) is 31.3 Å². The van der Waals surface area contributed by atoms with Gasteiger partial charge in [-0.05, 0) is 24.1 Å². The summed E-state index contributed by atoms with van der Waals surface area (Å²) < 4.78 is 55.4. The number of carbonyl (C=O) groups excluding carboxylic acids is 5. The molecule has 246 valence electrons. The average Bonchev–Trinajstić information content (AvgIpc) is 2.91. The lowest BCUT2D eigenvalue weighted by molar-refractivity contribution is -0.307. The lowest BCUT2D eigenvalue weighted by Gasteiger charge is -2.44. The summed E-state index contributed by atoms with van der Waals surface area (Å²) in [7, 11) is -3.76. The molecule has 1 aromatic rings. The number of ether oxygens (including phenoxy) is 6. The van der Waals surface area contributed by atoms with Crippen LogP contribution in [0.4, 0.5) is 0 Å². The molecule has 0 aliphatic carbocycles. The topological polar surface area (TPSA) is 213 Å². The Kier molecular flexibility index (Phi) is 15.0. The quantitative estimate of drug-likeness (QED) is 0.138. The number of primary sulfonamides is 1. The number of hydrogen-bond donors (Lipinski definition) is 2. The summed E-state index contributed by atoms with van der Waals surface area (Å²) in [5.41, 5.74) is 0.839. The van der Waals surface area contributed by atoms with Gasteiger partial charge in [0, 0.05) is 52.2 Å². The molecular weight excluding hydrogens is 624 g/mol. The lowest BCUT2D eigenvalue weighted by atomic mass is 9.98. The number of sulfonamides is 1. The van der Waals surface area contributed by atoms with Crippen LogP contribution < -0.4 is 10.5 Å². The van der Waals surface area contributed by atoms with E-state index in [-0.39, 0.29) is 30.4 Å². The molecule has 1 aromatic carbocycles. The zero-order valence-corrected chi connectivity index (χ0v) is 26.5. The van der Waals surface area contributed by atoms with Crippen LogP contribution in [-0.4, -0.2) is 100 Å². The first-order valence-electron chi connectivity index (χ1n) is 13.6. The van der Waals surface area contributed by atoms with Gasteiger partial charge >= 0.3 is 23.9 Å². The molecule has 0 saturated carbocycles. The van der Waals surface area contributed by atoms with Crippen molar-refractivity contribution >= 4 is 51.6 Å². The van der Waals surface area contributed by atoms with Crippen molar-refractivity contribution in [3.63, 3.8) is 0 Å². The van der Waals surface area contributed by atoms with Crippen molar-refractivity contribution in [3.8, 4) is 0 Å². The second-order valence-corrected chi connectivity index (χ2v) is 12.4. The molecule has 1 fully saturated rings. The van der Waals surface area contributed by atoms with E-state index >= 15 is 0 Å². The summed E-state index contributed by atoms with van der Waals surface area (Å²) in [6.45, 7) is 4.66. The molecule has 2 rings (SSSR count). The first-order chi connectivity index (χ1) is 20.7. The number of carbonyl (C=O) groups is 5. The molecule has 17 heteroatoms. The Bertz CT molecular complexity index is 1260. The molecule has 0 spiro atoms. The molecule has 0 unspecified atom stereocenters. The van der Waals surface area contributed by atoms with E-state index in [0.717, 1.165) is 26.3 Å². The fraction of sp³-hybridized carbons (Fsp3) is 0.593. The van der Waals surface area contributed by atoms with Gasteiger partial charge < -0.3 is 33.7 Å². The maximum Gasteiger partial charge on any atom is 0.303 e. The van der Waals surface area contributed by atoms with Crippen LogP contribution in [-0.2, 0) is 68.8 Å². The third-order valence-corrected chi connectivity index (χ3v) is 7.80. The smallest absolute Gasteiger partial charge is 0.303 e. The molecule has 0 bridgehead atoms. The van der Waals surface area contributed by atoms with Gasteiger partial charge in [-0.1, -0.05) is 12.1 Å². The standard InChI is InChI=1S/C27H38N2O13S2/c1-16(30)38-15-22-24(39-17(2)31)25(40-18(3)32)26(41-19(4)33)27(42-22)37-12-14-43-13-10-23(34)29-11-9-20-5-7-21(8-6-20)44(28,35)36/h5-8,22,24-27H,9-15H2,1-4H3,(H,29,34)(H2,28,35,36)/t22-,24-,25+,26-,27-/m1/s1. The molecule has 3 N–H and O–H groups in total. The van der Waals surface area contributed by atoms with Crippen LogP contribution in [0.25, 0.3) is 0 Å². The van der Waals surface area contributed by atoms with Crippen LogP contribution in [0.3, 0.4) is 0 Å². The number of amides is 1. The number of esters is 4. The second kappa shape index (κ2) is 17.9. The highest BCUT2D eigenvalue weighted by Crippen LogP contribution is 2.30. The Hall–Kier alpha value is -3.25. The van der Waals surface area contributed by atoms with Crippen LogP contribution in [0.1, 0.15) is 39.7 Å². The molecular formula is C27H38N2O13S2. The molecule has 1 amide bonds. The third-order valence-electron chi connectivity index (χ3n) is 5.92. The minimum absolute atomic E-state index is 0.0143. The first kappa shape index (κ1) is 36.9. The van der Waals surface area contributed by atoms with Crippen molar-refractivity contribution in [3.05, 3.63) is 29.8 Å². The minimum Gasteiger partial charge on any atom is -0.463 e. The highest BCUT2D eigenvalue weighted by atomic mass is 32.2. The fourth-order valence-electron chi connectivity index (χ4n) is 4.09. The Morgan fingerprint density at radius 3 is 2.02 bits per heavy atom. The van der Waals surface area contributed by atoms with Crippen molar-refractivity contribution in [1.29, 1.82) is 0 Å². The molecule has 1 heterocycles. The van der Waals surface area contributed by atoms with Crippen LogP contribution in [0.2, 0.25) is 0 Å². The molecule has 1 aliphatic rings. The molecule has 44 heavy (non-hydrogen) atoms. The third kappa shape index (κ3) is 13.2. The van der Waals surface area contributed by atoms with Gasteiger partial charge in [0.05, 0.1) is 11.5 Å². The van der Waals surface area contributed by atoms with Gasteiger partial charge in [0.25, 0.3) is 0 Å². The Morgan fingerprint density at radius 1 is 0.864 bits per heavy atom. The summed E-state index contributed by atoms with van der Waals surface area (Å²) >= 11 is 1.41. The van der Waals surface area contributed by atoms with E-state index in [9.17, 15) is 32.4 Å². The number of nitrogens with one attached hydrogen (secondary N) is 1.